The predicted octanol–water partition coefficient (Wildman–Crippen LogP) is 3.24. The molecule has 1 N–H and O–H groups in total. The van der Waals surface area contributed by atoms with E-state index in [1.165, 1.54) is 0 Å². The van der Waals surface area contributed by atoms with Gasteiger partial charge in [-0.2, -0.15) is 0 Å². The van der Waals surface area contributed by atoms with E-state index in [2.05, 4.69) is 5.32 Å². The highest BCUT2D eigenvalue weighted by molar-refractivity contribution is 6.31. The summed E-state index contributed by atoms with van der Waals surface area (Å²) in [5.41, 5.74) is 2.72. The lowest BCUT2D eigenvalue weighted by molar-refractivity contribution is -0.115. The van der Waals surface area contributed by atoms with Crippen LogP contribution >= 0.6 is 11.6 Å². The molecule has 20 heavy (non-hydrogen) atoms. The van der Waals surface area contributed by atoms with Gasteiger partial charge in [0.05, 0.1) is 17.1 Å². The molecule has 100 valence electrons. The Hall–Kier alpha value is -2.33. The summed E-state index contributed by atoms with van der Waals surface area (Å²) in [5.74, 6) is -0.115. The van der Waals surface area contributed by atoms with Gasteiger partial charge in [0.15, 0.2) is 6.29 Å². The fraction of sp³-hybridized carbons (Fsp3) is 0.0667. The molecule has 0 fully saturated rings. The molecule has 0 aliphatic carbocycles. The first kappa shape index (κ1) is 12.7. The molecule has 0 radical (unpaired) electrons. The van der Waals surface area contributed by atoms with Crippen molar-refractivity contribution in [1.29, 1.82) is 0 Å². The highest BCUT2D eigenvalue weighted by Gasteiger charge is 2.24. The normalized spacial score (nSPS) is 13.7. The monoisotopic (exact) mass is 286 g/mol. The Balaban J connectivity index is 2.15. The Morgan fingerprint density at radius 2 is 1.95 bits per heavy atom. The van der Waals surface area contributed by atoms with E-state index < -0.39 is 0 Å². The number of nitrogens with one attached hydrogen (secondary N) is 1. The minimum Gasteiger partial charge on any atom is -0.330 e. The van der Waals surface area contributed by atoms with Crippen LogP contribution < -0.4 is 10.2 Å². The number of carbonyl (C=O) groups excluding carboxylic acids is 2. The van der Waals surface area contributed by atoms with Crippen molar-refractivity contribution in [3.8, 4) is 0 Å². The Morgan fingerprint density at radius 1 is 1.15 bits per heavy atom. The Morgan fingerprint density at radius 3 is 2.75 bits per heavy atom. The van der Waals surface area contributed by atoms with E-state index in [0.717, 1.165) is 17.7 Å². The zero-order valence-corrected chi connectivity index (χ0v) is 11.2. The van der Waals surface area contributed by atoms with Gasteiger partial charge in [0.2, 0.25) is 5.91 Å². The molecule has 1 aliphatic heterocycles. The number of carbonyl (C=O) groups is 2. The summed E-state index contributed by atoms with van der Waals surface area (Å²) in [5, 5.41) is 3.30. The van der Waals surface area contributed by atoms with Crippen LogP contribution in [-0.4, -0.2) is 18.7 Å². The number of hydrogen-bond acceptors (Lipinski definition) is 3. The number of halogens is 1. The maximum absolute atomic E-state index is 11.8. The first-order valence-electron chi connectivity index (χ1n) is 6.10. The third-order valence-corrected chi connectivity index (χ3v) is 3.41. The summed E-state index contributed by atoms with van der Waals surface area (Å²) in [6.07, 6.45) is 0.746. The van der Waals surface area contributed by atoms with Gasteiger partial charge in [-0.3, -0.25) is 9.59 Å². The molecule has 3 rings (SSSR count). The number of aldehydes is 1. The van der Waals surface area contributed by atoms with E-state index in [1.807, 2.05) is 29.2 Å². The number of para-hydroxylation sites is 2. The van der Waals surface area contributed by atoms with Gasteiger partial charge in [-0.1, -0.05) is 23.7 Å². The van der Waals surface area contributed by atoms with Crippen LogP contribution in [0, 0.1) is 0 Å². The summed E-state index contributed by atoms with van der Waals surface area (Å²) in [7, 11) is 0. The minimum atomic E-state index is -0.115. The van der Waals surface area contributed by atoms with E-state index in [1.54, 1.807) is 18.2 Å². The van der Waals surface area contributed by atoms with E-state index >= 15 is 0 Å². The maximum atomic E-state index is 11.8. The molecule has 1 heterocycles. The molecular formula is C15H11ClN2O2. The maximum Gasteiger partial charge on any atom is 0.244 e. The second-order valence-electron chi connectivity index (χ2n) is 4.47. The zero-order valence-electron chi connectivity index (χ0n) is 10.5. The van der Waals surface area contributed by atoms with Crippen LogP contribution in [0.3, 0.4) is 0 Å². The van der Waals surface area contributed by atoms with Gasteiger partial charge in [0, 0.05) is 10.6 Å². The lowest BCUT2D eigenvalue weighted by Crippen LogP contribution is -2.35. The fourth-order valence-electron chi connectivity index (χ4n) is 2.31. The standard InChI is InChI=1S/C15H11ClN2O2/c16-11-5-6-13(10(7-11)9-19)18-8-15(20)17-12-3-1-2-4-14(12)18/h1-7,9H,8H2,(H,17,20). The topological polar surface area (TPSA) is 49.4 Å². The van der Waals surface area contributed by atoms with Crippen molar-refractivity contribution in [3.63, 3.8) is 0 Å². The fourth-order valence-corrected chi connectivity index (χ4v) is 2.49. The number of fused-ring (bicyclic) bond motifs is 1. The van der Waals surface area contributed by atoms with Crippen molar-refractivity contribution in [2.45, 2.75) is 0 Å². The molecule has 0 saturated heterocycles. The third-order valence-electron chi connectivity index (χ3n) is 3.18. The van der Waals surface area contributed by atoms with Crippen LogP contribution in [-0.2, 0) is 4.79 Å². The number of benzene rings is 2. The van der Waals surface area contributed by atoms with Gasteiger partial charge in [-0.05, 0) is 30.3 Å². The molecule has 0 unspecified atom stereocenters. The Kier molecular flexibility index (Phi) is 3.16. The van der Waals surface area contributed by atoms with Crippen molar-refractivity contribution in [1.82, 2.24) is 0 Å². The zero-order chi connectivity index (χ0) is 14.1. The van der Waals surface area contributed by atoms with Crippen LogP contribution in [0.15, 0.2) is 42.5 Å². The van der Waals surface area contributed by atoms with Crippen LogP contribution in [0.2, 0.25) is 5.02 Å². The quantitative estimate of drug-likeness (QED) is 0.862. The number of hydrogen-bond donors (Lipinski definition) is 1. The van der Waals surface area contributed by atoms with Crippen molar-refractivity contribution in [3.05, 3.63) is 53.1 Å². The smallest absolute Gasteiger partial charge is 0.244 e. The molecule has 0 saturated carbocycles. The lowest BCUT2D eigenvalue weighted by atomic mass is 10.1. The van der Waals surface area contributed by atoms with Crippen molar-refractivity contribution >= 4 is 40.9 Å². The van der Waals surface area contributed by atoms with Crippen LogP contribution in [0.4, 0.5) is 17.1 Å². The number of nitrogens with zero attached hydrogens (tertiary/aromatic N) is 1. The Bertz CT molecular complexity index is 700. The number of rotatable bonds is 2. The van der Waals surface area contributed by atoms with Crippen molar-refractivity contribution in [2.24, 2.45) is 0 Å². The van der Waals surface area contributed by atoms with E-state index in [0.29, 0.717) is 16.3 Å². The number of amides is 1. The first-order chi connectivity index (χ1) is 9.69. The van der Waals surface area contributed by atoms with Crippen LogP contribution in [0.1, 0.15) is 10.4 Å². The molecule has 2 aromatic rings. The molecule has 1 amide bonds. The molecular weight excluding hydrogens is 276 g/mol. The molecule has 2 aromatic carbocycles. The second kappa shape index (κ2) is 4.98. The predicted molar refractivity (Wildman–Crippen MR) is 78.9 cm³/mol. The second-order valence-corrected chi connectivity index (χ2v) is 4.91. The van der Waals surface area contributed by atoms with Crippen LogP contribution in [0.25, 0.3) is 0 Å². The number of anilines is 3. The largest absolute Gasteiger partial charge is 0.330 e. The third kappa shape index (κ3) is 2.14. The van der Waals surface area contributed by atoms with Gasteiger partial charge >= 0.3 is 0 Å². The summed E-state index contributed by atoms with van der Waals surface area (Å²) < 4.78 is 0. The highest BCUT2D eigenvalue weighted by atomic mass is 35.5. The molecule has 0 atom stereocenters. The van der Waals surface area contributed by atoms with E-state index in [9.17, 15) is 9.59 Å². The lowest BCUT2D eigenvalue weighted by Gasteiger charge is -2.31. The summed E-state index contributed by atoms with van der Waals surface area (Å²) in [6, 6.07) is 12.5. The SMILES string of the molecule is O=Cc1cc(Cl)ccc1N1CC(=O)Nc2ccccc21. The van der Waals surface area contributed by atoms with Gasteiger partial charge in [0.25, 0.3) is 0 Å². The van der Waals surface area contributed by atoms with Crippen molar-refractivity contribution in [2.75, 3.05) is 16.8 Å². The molecule has 1 aliphatic rings. The average Bonchev–Trinajstić information content (AvgIpc) is 2.46. The average molecular weight is 287 g/mol. The van der Waals surface area contributed by atoms with E-state index in [-0.39, 0.29) is 12.5 Å². The highest BCUT2D eigenvalue weighted by Crippen LogP contribution is 2.36. The van der Waals surface area contributed by atoms with E-state index in [4.69, 9.17) is 11.6 Å². The van der Waals surface area contributed by atoms with Crippen molar-refractivity contribution < 1.29 is 9.59 Å². The van der Waals surface area contributed by atoms with Gasteiger partial charge in [0.1, 0.15) is 6.54 Å². The van der Waals surface area contributed by atoms with Crippen LogP contribution in [0.5, 0.6) is 0 Å². The summed E-state index contributed by atoms with van der Waals surface area (Å²) >= 11 is 5.91. The van der Waals surface area contributed by atoms with Gasteiger partial charge in [-0.25, -0.2) is 0 Å². The van der Waals surface area contributed by atoms with Gasteiger partial charge < -0.3 is 10.2 Å². The molecule has 5 heteroatoms. The first-order valence-corrected chi connectivity index (χ1v) is 6.48. The molecule has 0 spiro atoms. The Labute approximate surface area is 121 Å². The molecule has 0 aromatic heterocycles. The summed E-state index contributed by atoms with van der Waals surface area (Å²) in [6.45, 7) is 0.166. The van der Waals surface area contributed by atoms with Gasteiger partial charge in [-0.15, -0.1) is 0 Å². The minimum absolute atomic E-state index is 0.115. The molecule has 0 bridgehead atoms. The molecule has 4 nitrogen and oxygen atoms in total. The summed E-state index contributed by atoms with van der Waals surface area (Å²) in [4.78, 5) is 24.9.